The van der Waals surface area contributed by atoms with Gasteiger partial charge in [-0.2, -0.15) is 0 Å². The second-order valence-electron chi connectivity index (χ2n) is 7.53. The monoisotopic (exact) mass is 340 g/mol. The summed E-state index contributed by atoms with van der Waals surface area (Å²) in [4.78, 5) is 33.2. The Labute approximate surface area is 147 Å². The first-order chi connectivity index (χ1) is 11.6. The van der Waals surface area contributed by atoms with E-state index in [1.165, 1.54) is 44.9 Å². The van der Waals surface area contributed by atoms with Gasteiger partial charge in [0.25, 0.3) is 0 Å². The highest BCUT2D eigenvalue weighted by Crippen LogP contribution is 2.36. The minimum atomic E-state index is -0.476. The summed E-state index contributed by atoms with van der Waals surface area (Å²) in [5, 5.41) is 0. The Morgan fingerprint density at radius 3 is 1.92 bits per heavy atom. The molecule has 0 aromatic rings. The van der Waals surface area contributed by atoms with Crippen LogP contribution >= 0.6 is 0 Å². The number of carbonyl (C=O) groups is 2. The molecule has 0 aromatic carbocycles. The van der Waals surface area contributed by atoms with Crippen LogP contribution < -0.4 is 0 Å². The van der Waals surface area contributed by atoms with Gasteiger partial charge in [0.15, 0.2) is 0 Å². The summed E-state index contributed by atoms with van der Waals surface area (Å²) in [6.45, 7) is 4.13. The molecule has 4 nitrogen and oxygen atoms in total. The van der Waals surface area contributed by atoms with Crippen LogP contribution in [0.15, 0.2) is 0 Å². The molecule has 1 saturated carbocycles. The van der Waals surface area contributed by atoms with Crippen LogP contribution in [0.25, 0.3) is 0 Å². The molecular weight excluding hydrogens is 304 g/mol. The summed E-state index contributed by atoms with van der Waals surface area (Å²) in [6, 6.07) is 0. The first kappa shape index (κ1) is 21.0. The fourth-order valence-corrected chi connectivity index (χ4v) is 3.34. The molecule has 1 aliphatic carbocycles. The number of hydrogen-bond acceptors (Lipinski definition) is 4. The highest BCUT2D eigenvalue weighted by Gasteiger charge is 2.37. The molecular formula is C20H36O4. The first-order valence-corrected chi connectivity index (χ1v) is 10.0. The third kappa shape index (κ3) is 8.70. The van der Waals surface area contributed by atoms with Crippen LogP contribution in [0.5, 0.6) is 0 Å². The van der Waals surface area contributed by atoms with Crippen LogP contribution in [-0.2, 0) is 19.4 Å². The summed E-state index contributed by atoms with van der Waals surface area (Å²) in [5.74, 6) is -0.812. The Bertz CT molecular complexity index is 359. The van der Waals surface area contributed by atoms with Crippen LogP contribution in [0.4, 0.5) is 0 Å². The number of rotatable bonds is 11. The molecule has 140 valence electrons. The van der Waals surface area contributed by atoms with E-state index in [4.69, 9.17) is 9.78 Å². The molecule has 0 heterocycles. The molecule has 0 aliphatic heterocycles. The van der Waals surface area contributed by atoms with Crippen molar-refractivity contribution in [2.75, 3.05) is 0 Å². The SMILES string of the molecule is CCCCCCCCCCCC(=O)OOC(=O)C1(C)CCCCC1. The number of hydrogen-bond donors (Lipinski definition) is 0. The lowest BCUT2D eigenvalue weighted by Gasteiger charge is -2.29. The van der Waals surface area contributed by atoms with E-state index in [0.29, 0.717) is 6.42 Å². The summed E-state index contributed by atoms with van der Waals surface area (Å²) >= 11 is 0. The standard InChI is InChI=1S/C20H36O4/c1-3-4-5-6-7-8-9-10-12-15-18(21)23-24-19(22)20(2)16-13-11-14-17-20/h3-17H2,1-2H3. The van der Waals surface area contributed by atoms with Gasteiger partial charge in [0, 0.05) is 0 Å². The molecule has 0 radical (unpaired) electrons. The van der Waals surface area contributed by atoms with Crippen molar-refractivity contribution >= 4 is 11.9 Å². The topological polar surface area (TPSA) is 52.6 Å². The predicted octanol–water partition coefficient (Wildman–Crippen LogP) is 5.88. The van der Waals surface area contributed by atoms with Gasteiger partial charge in [-0.05, 0) is 26.2 Å². The zero-order valence-corrected chi connectivity index (χ0v) is 15.7. The third-order valence-corrected chi connectivity index (χ3v) is 5.14. The molecule has 0 amide bonds. The summed E-state index contributed by atoms with van der Waals surface area (Å²) < 4.78 is 0. The Morgan fingerprint density at radius 1 is 0.792 bits per heavy atom. The van der Waals surface area contributed by atoms with Crippen molar-refractivity contribution in [2.45, 2.75) is 110 Å². The molecule has 1 fully saturated rings. The summed E-state index contributed by atoms with van der Waals surface area (Å²) in [6.07, 6.45) is 16.1. The van der Waals surface area contributed by atoms with Gasteiger partial charge in [-0.3, -0.25) is 0 Å². The fourth-order valence-electron chi connectivity index (χ4n) is 3.34. The maximum atomic E-state index is 12.0. The maximum absolute atomic E-state index is 12.0. The molecule has 4 heteroatoms. The maximum Gasteiger partial charge on any atom is 0.361 e. The van der Waals surface area contributed by atoms with Gasteiger partial charge in [-0.1, -0.05) is 77.6 Å². The molecule has 24 heavy (non-hydrogen) atoms. The van der Waals surface area contributed by atoms with E-state index >= 15 is 0 Å². The van der Waals surface area contributed by atoms with Crippen molar-refractivity contribution in [3.05, 3.63) is 0 Å². The first-order valence-electron chi connectivity index (χ1n) is 10.0. The quantitative estimate of drug-likeness (QED) is 0.268. The Hall–Kier alpha value is -1.06. The van der Waals surface area contributed by atoms with E-state index in [9.17, 15) is 9.59 Å². The lowest BCUT2D eigenvalue weighted by atomic mass is 9.76. The zero-order chi connectivity index (χ0) is 17.7. The Morgan fingerprint density at radius 2 is 1.33 bits per heavy atom. The van der Waals surface area contributed by atoms with Crippen LogP contribution in [0.3, 0.4) is 0 Å². The van der Waals surface area contributed by atoms with Gasteiger partial charge >= 0.3 is 11.9 Å². The summed E-state index contributed by atoms with van der Waals surface area (Å²) in [5.41, 5.74) is -0.476. The van der Waals surface area contributed by atoms with Crippen molar-refractivity contribution in [3.8, 4) is 0 Å². The third-order valence-electron chi connectivity index (χ3n) is 5.14. The van der Waals surface area contributed by atoms with Gasteiger partial charge in [0.1, 0.15) is 0 Å². The van der Waals surface area contributed by atoms with Crippen molar-refractivity contribution in [3.63, 3.8) is 0 Å². The smallest absolute Gasteiger partial charge is 0.247 e. The molecule has 0 unspecified atom stereocenters. The zero-order valence-electron chi connectivity index (χ0n) is 15.7. The highest BCUT2D eigenvalue weighted by atomic mass is 17.2. The van der Waals surface area contributed by atoms with Gasteiger partial charge in [0.2, 0.25) is 0 Å². The number of unbranched alkanes of at least 4 members (excludes halogenated alkanes) is 8. The Kier molecular flexibility index (Phi) is 10.8. The number of carbonyl (C=O) groups excluding carboxylic acids is 2. The molecule has 0 spiro atoms. The van der Waals surface area contributed by atoms with Crippen molar-refractivity contribution < 1.29 is 19.4 Å². The van der Waals surface area contributed by atoms with Gasteiger partial charge in [-0.25, -0.2) is 19.4 Å². The molecule has 0 aromatic heterocycles. The fraction of sp³-hybridized carbons (Fsp3) is 0.900. The van der Waals surface area contributed by atoms with E-state index in [1.807, 2.05) is 6.92 Å². The molecule has 0 saturated heterocycles. The molecule has 1 aliphatic rings. The van der Waals surface area contributed by atoms with Crippen molar-refractivity contribution in [1.29, 1.82) is 0 Å². The van der Waals surface area contributed by atoms with E-state index in [1.54, 1.807) is 0 Å². The minimum Gasteiger partial charge on any atom is -0.247 e. The average Bonchev–Trinajstić information content (AvgIpc) is 2.58. The average molecular weight is 341 g/mol. The van der Waals surface area contributed by atoms with E-state index < -0.39 is 11.4 Å². The van der Waals surface area contributed by atoms with Crippen molar-refractivity contribution in [1.82, 2.24) is 0 Å². The normalized spacial score (nSPS) is 16.6. The van der Waals surface area contributed by atoms with E-state index in [0.717, 1.165) is 44.9 Å². The molecule has 0 atom stereocenters. The highest BCUT2D eigenvalue weighted by molar-refractivity contribution is 5.77. The molecule has 0 N–H and O–H groups in total. The van der Waals surface area contributed by atoms with Gasteiger partial charge in [-0.15, -0.1) is 0 Å². The Balaban J connectivity index is 1.99. The molecule has 1 rings (SSSR count). The van der Waals surface area contributed by atoms with Crippen molar-refractivity contribution in [2.24, 2.45) is 5.41 Å². The second-order valence-corrected chi connectivity index (χ2v) is 7.53. The van der Waals surface area contributed by atoms with Crippen LogP contribution in [0.1, 0.15) is 110 Å². The minimum absolute atomic E-state index is 0.333. The van der Waals surface area contributed by atoms with Crippen LogP contribution in [0, 0.1) is 5.41 Å². The lowest BCUT2D eigenvalue weighted by molar-refractivity contribution is -0.267. The van der Waals surface area contributed by atoms with E-state index in [-0.39, 0.29) is 5.97 Å². The van der Waals surface area contributed by atoms with E-state index in [2.05, 4.69) is 6.92 Å². The lowest BCUT2D eigenvalue weighted by Crippen LogP contribution is -2.32. The molecule has 0 bridgehead atoms. The summed E-state index contributed by atoms with van der Waals surface area (Å²) in [7, 11) is 0. The van der Waals surface area contributed by atoms with Crippen LogP contribution in [-0.4, -0.2) is 11.9 Å². The van der Waals surface area contributed by atoms with Gasteiger partial charge < -0.3 is 0 Å². The largest absolute Gasteiger partial charge is 0.361 e. The second kappa shape index (κ2) is 12.3. The van der Waals surface area contributed by atoms with Crippen LogP contribution in [0.2, 0.25) is 0 Å². The predicted molar refractivity (Wildman–Crippen MR) is 95.2 cm³/mol. The van der Waals surface area contributed by atoms with Gasteiger partial charge in [0.05, 0.1) is 11.8 Å².